The van der Waals surface area contributed by atoms with Crippen LogP contribution < -0.4 is 16.0 Å². The summed E-state index contributed by atoms with van der Waals surface area (Å²) in [6, 6.07) is 0. The van der Waals surface area contributed by atoms with Crippen molar-refractivity contribution in [1.82, 2.24) is 20.9 Å². The SMILES string of the molecule is CO[C@H]1/C=C/CC/C=C/C(=O)OC([C@H](C)C(=O)CCCC2CC(=O)N(C)C(=O)C2)/C(C)=C\[C@@H](C)[C@@H]1O.CO[C@H]1/C=C/CC/C=C/C(=O)OC([C@H](C)C(=O)CCCC2CC(=O)NC(=O)C2)/C(C)=C\[C@@H](C)[C@@H]1O.CO[C@H]1/C=C/CC/C=C/C(=O)OC([C@H](C)C(=O)C[C@@H](O)CC2CC(=O)NC(=O)C2)/C(C)=C\[C@@H](C)[C@@H]1O.CO[C@H]1/C=C/CCCCC(=O)OC([C@H](C)C(=O)CCCC2CC(=O)NC(=O)C2)/C(C)=C\[C@@H](C)[C@@H]1O. The van der Waals surface area contributed by atoms with Gasteiger partial charge in [0.1, 0.15) is 72.0 Å². The number of cyclic esters (lactones) is 4. The predicted molar refractivity (Wildman–Crippen MR) is 530 cm³/mol. The van der Waals surface area contributed by atoms with Gasteiger partial charge in [-0.15, -0.1) is 0 Å². The number of amides is 8. The van der Waals surface area contributed by atoms with Crippen LogP contribution in [0.1, 0.15) is 269 Å². The van der Waals surface area contributed by atoms with E-state index in [0.717, 1.165) is 23.3 Å². The summed E-state index contributed by atoms with van der Waals surface area (Å²) in [4.78, 5) is 197. The summed E-state index contributed by atoms with van der Waals surface area (Å²) in [5.41, 5.74) is 2.69. The van der Waals surface area contributed by atoms with E-state index in [2.05, 4.69) is 16.0 Å². The number of esters is 4. The van der Waals surface area contributed by atoms with Crippen molar-refractivity contribution in [3.63, 3.8) is 0 Å². The molecule has 8 heterocycles. The molecule has 0 saturated carbocycles. The normalized spacial score (nSPS) is 31.3. The van der Waals surface area contributed by atoms with Crippen molar-refractivity contribution in [2.75, 3.05) is 35.5 Å². The molecule has 21 atom stereocenters. The molecule has 0 aromatic rings. The zero-order valence-electron chi connectivity index (χ0n) is 86.3. The van der Waals surface area contributed by atoms with Crippen LogP contribution in [0, 0.1) is 71.0 Å². The Morgan fingerprint density at radius 2 is 0.634 bits per heavy atom. The number of imide groups is 4. The van der Waals surface area contributed by atoms with E-state index in [1.165, 1.54) is 32.4 Å². The van der Waals surface area contributed by atoms with E-state index in [4.69, 9.17) is 37.9 Å². The van der Waals surface area contributed by atoms with E-state index < -0.39 is 121 Å². The molecule has 8 aliphatic heterocycles. The Kier molecular flexibility index (Phi) is 55.1. The molecule has 0 radical (unpaired) electrons. The number of Topliss-reactive ketones (excluding diaryl/α,β-unsaturated/α-hetero) is 4. The first-order valence-electron chi connectivity index (χ1n) is 50.4. The van der Waals surface area contributed by atoms with Crippen molar-refractivity contribution in [2.24, 2.45) is 71.0 Å². The number of nitrogens with zero attached hydrogens (tertiary/aromatic N) is 1. The van der Waals surface area contributed by atoms with Crippen LogP contribution >= 0.6 is 0 Å². The summed E-state index contributed by atoms with van der Waals surface area (Å²) in [6.45, 7) is 21.4. The Labute approximate surface area is 837 Å². The molecule has 8 N–H and O–H groups in total. The zero-order chi connectivity index (χ0) is 106. The Morgan fingerprint density at radius 1 is 0.373 bits per heavy atom. The third-order valence-corrected chi connectivity index (χ3v) is 27.4. The highest BCUT2D eigenvalue weighted by Crippen LogP contribution is 2.34. The number of hydrogen-bond donors (Lipinski definition) is 8. The Morgan fingerprint density at radius 3 is 0.930 bits per heavy atom. The first-order chi connectivity index (χ1) is 67.3. The number of methoxy groups -OCH3 is 4. The lowest BCUT2D eigenvalue weighted by molar-refractivity contribution is -0.152. The quantitative estimate of drug-likeness (QED) is 0.0156. The molecule has 0 aromatic carbocycles. The maximum Gasteiger partial charge on any atom is 0.331 e. The number of likely N-dealkylation sites (tertiary alicyclic amines) is 1. The fourth-order valence-corrected chi connectivity index (χ4v) is 18.8. The van der Waals surface area contributed by atoms with E-state index in [1.807, 2.05) is 95.4 Å². The van der Waals surface area contributed by atoms with Crippen LogP contribution in [0.25, 0.3) is 0 Å². The number of ether oxygens (including phenoxy) is 8. The largest absolute Gasteiger partial charge is 0.457 e. The van der Waals surface area contributed by atoms with Crippen LogP contribution in [-0.2, 0) is 115 Å². The van der Waals surface area contributed by atoms with Crippen molar-refractivity contribution in [3.8, 4) is 0 Å². The number of ketones is 4. The summed E-state index contributed by atoms with van der Waals surface area (Å²) in [6.07, 6.45) is 35.0. The third-order valence-electron chi connectivity index (χ3n) is 27.4. The molecule has 4 saturated heterocycles. The molecule has 0 aliphatic carbocycles. The van der Waals surface area contributed by atoms with E-state index in [9.17, 15) is 102 Å². The molecule has 4 unspecified atom stereocenters. The van der Waals surface area contributed by atoms with Gasteiger partial charge in [-0.2, -0.15) is 0 Å². The molecule has 142 heavy (non-hydrogen) atoms. The molecule has 8 rings (SSSR count). The van der Waals surface area contributed by atoms with Gasteiger partial charge in [-0.1, -0.05) is 147 Å². The highest BCUT2D eigenvalue weighted by atomic mass is 16.6. The van der Waals surface area contributed by atoms with Gasteiger partial charge in [0.05, 0.1) is 54.2 Å². The van der Waals surface area contributed by atoms with Crippen molar-refractivity contribution in [2.45, 2.75) is 349 Å². The second-order valence-corrected chi connectivity index (χ2v) is 39.4. The minimum Gasteiger partial charge on any atom is -0.457 e. The molecule has 4 fully saturated rings. The van der Waals surface area contributed by atoms with E-state index >= 15 is 0 Å². The molecule has 0 spiro atoms. The van der Waals surface area contributed by atoms with Crippen LogP contribution in [0.3, 0.4) is 0 Å². The number of allylic oxidation sites excluding steroid dienone is 7. The molecule has 33 heteroatoms. The molecule has 0 aromatic heterocycles. The average molecular weight is 1990 g/mol. The fourth-order valence-electron chi connectivity index (χ4n) is 18.8. The topological polar surface area (TPSA) is 487 Å². The minimum atomic E-state index is -1.03. The van der Waals surface area contributed by atoms with Crippen molar-refractivity contribution >= 4 is 94.3 Å². The van der Waals surface area contributed by atoms with Gasteiger partial charge in [-0.05, 0) is 176 Å². The van der Waals surface area contributed by atoms with Crippen LogP contribution in [0.2, 0.25) is 0 Å². The first kappa shape index (κ1) is 122. The van der Waals surface area contributed by atoms with Crippen molar-refractivity contribution in [3.05, 3.63) is 132 Å². The number of aliphatic hydroxyl groups excluding tert-OH is 5. The van der Waals surface area contributed by atoms with Gasteiger partial charge in [0.15, 0.2) is 0 Å². The van der Waals surface area contributed by atoms with Gasteiger partial charge in [0.25, 0.3) is 0 Å². The van der Waals surface area contributed by atoms with Gasteiger partial charge >= 0.3 is 23.9 Å². The fraction of sp³-hybridized carbons (Fsp3) is 0.651. The summed E-state index contributed by atoms with van der Waals surface area (Å²) < 4.78 is 44.6. The number of rotatable bonds is 28. The Hall–Kier alpha value is -10.1. The maximum atomic E-state index is 13.1. The zero-order valence-corrected chi connectivity index (χ0v) is 86.3. The predicted octanol–water partition coefficient (Wildman–Crippen LogP) is 12.3. The summed E-state index contributed by atoms with van der Waals surface area (Å²) >= 11 is 0. The number of carbonyl (C=O) groups excluding carboxylic acids is 16. The lowest BCUT2D eigenvalue weighted by Gasteiger charge is -2.28. The van der Waals surface area contributed by atoms with Crippen LogP contribution in [0.4, 0.5) is 0 Å². The molecular formula is C109H160N4O29. The average Bonchev–Trinajstić information content (AvgIpc) is 0.837. The van der Waals surface area contributed by atoms with Gasteiger partial charge < -0.3 is 63.4 Å². The number of carbonyl (C=O) groups is 16. The number of aliphatic hydroxyl groups is 5. The highest BCUT2D eigenvalue weighted by Gasteiger charge is 2.39. The first-order valence-corrected chi connectivity index (χ1v) is 50.4. The van der Waals surface area contributed by atoms with Gasteiger partial charge in [0, 0.05) is 161 Å². The van der Waals surface area contributed by atoms with Gasteiger partial charge in [-0.3, -0.25) is 83.2 Å². The standard InChI is InChI=1S/C28H41NO7.C27H39NO8.C27H41NO7.C27H39NO7/c1-18-15-19(2)28(36-26(33)14-9-7-6-8-13-23(35-5)27(18)34)20(3)22(30)12-10-11-21-16-24(31)29(4)25(32)17-21;1-16-11-17(2)27(36-25(33)10-8-6-5-7-9-22(35-4)26(16)34)18(3)21(30)15-20(29)12-19-13-23(31)28-24(32)14-19;2*1-17-14-18(2)27(35-25(32)13-8-6-5-7-12-22(34-4)26(17)33)19(3)21(29)11-9-10-20-15-23(30)28-24(31)16-20/h8-9,13-15,18,20-21,23,27-28,34H,6-7,10-12,16-17H2,1-5H3;7-11,16,18-20,22,26-27,29,34H,5-6,12-15H2,1-4H3,(H,28,31,32);7,12,14,17,19-20,22,26-27,33H,5-6,8-11,13,15-16H2,1-4H3,(H,28,30,31);7-8,12-14,17,19-20,22,26-27,33H,5-6,9-11,15-16H2,1-4H3,(H,28,30,31)/b13-8+,14-9+,19-15-;9-7+,10-8+,17-11-;12-7+,18-14-;12-7+,13-8+,18-14-/t18-,20-,23+,27+,28?;16-,18-,20+,22+,26+,27?;2*17-,19-,22+,26+,27?/m1111/s1. The lowest BCUT2D eigenvalue weighted by atomic mass is 9.85. The Bertz CT molecular complexity index is 4520. The molecule has 0 bridgehead atoms. The minimum absolute atomic E-state index is 0.0332. The van der Waals surface area contributed by atoms with Crippen molar-refractivity contribution < 1.29 is 140 Å². The lowest BCUT2D eigenvalue weighted by Crippen LogP contribution is -2.40. The number of piperidine rings is 4. The highest BCUT2D eigenvalue weighted by molar-refractivity contribution is 6.00. The van der Waals surface area contributed by atoms with Crippen LogP contribution in [0.5, 0.6) is 0 Å². The molecule has 790 valence electrons. The molecule has 33 nitrogen and oxygen atoms in total. The molecule has 8 aliphatic rings. The monoisotopic (exact) mass is 1990 g/mol. The second kappa shape index (κ2) is 63.9. The summed E-state index contributed by atoms with van der Waals surface area (Å²) in [5, 5.41) is 60.4. The van der Waals surface area contributed by atoms with E-state index in [0.29, 0.717) is 139 Å². The third kappa shape index (κ3) is 43.1. The number of nitrogens with one attached hydrogen (secondary N) is 3. The summed E-state index contributed by atoms with van der Waals surface area (Å²) in [5.74, 6) is -8.81. The van der Waals surface area contributed by atoms with E-state index in [-0.39, 0.29) is 175 Å². The van der Waals surface area contributed by atoms with Crippen molar-refractivity contribution in [1.29, 1.82) is 0 Å². The van der Waals surface area contributed by atoms with Crippen LogP contribution in [0.15, 0.2) is 132 Å². The number of hydrogen-bond acceptors (Lipinski definition) is 29. The van der Waals surface area contributed by atoms with Gasteiger partial charge in [0.2, 0.25) is 47.3 Å². The van der Waals surface area contributed by atoms with Gasteiger partial charge in [-0.25, -0.2) is 14.4 Å². The second-order valence-electron chi connectivity index (χ2n) is 39.4. The summed E-state index contributed by atoms with van der Waals surface area (Å²) in [7, 11) is 7.68. The maximum absolute atomic E-state index is 13.1. The smallest absolute Gasteiger partial charge is 0.331 e. The van der Waals surface area contributed by atoms with Crippen LogP contribution in [-0.4, -0.2) is 240 Å². The molecule has 8 amide bonds. The molecular weight excluding hydrogens is 1830 g/mol. The van der Waals surface area contributed by atoms with E-state index in [1.54, 1.807) is 100 Å². The Balaban J connectivity index is 0.000000334.